The van der Waals surface area contributed by atoms with Crippen LogP contribution in [-0.4, -0.2) is 65.8 Å². The van der Waals surface area contributed by atoms with Crippen molar-refractivity contribution in [2.24, 2.45) is 11.8 Å². The number of amides is 1. The molecule has 194 valence electrons. The minimum atomic E-state index is -0.157. The Hall–Kier alpha value is -3.19. The van der Waals surface area contributed by atoms with Gasteiger partial charge in [0.25, 0.3) is 0 Å². The van der Waals surface area contributed by atoms with Gasteiger partial charge in [-0.2, -0.15) is 0 Å². The van der Waals surface area contributed by atoms with E-state index in [4.69, 9.17) is 9.47 Å². The van der Waals surface area contributed by atoms with E-state index >= 15 is 0 Å². The van der Waals surface area contributed by atoms with E-state index in [-0.39, 0.29) is 17.6 Å². The number of hydrogen-bond acceptors (Lipinski definition) is 4. The average Bonchev–Trinajstić information content (AvgIpc) is 3.16. The zero-order valence-corrected chi connectivity index (χ0v) is 22.2. The largest absolute Gasteiger partial charge is 0.504 e. The Morgan fingerprint density at radius 1 is 1.14 bits per heavy atom. The highest BCUT2D eigenvalue weighted by molar-refractivity contribution is 5.82. The number of carbonyl (C=O) groups is 1. The highest BCUT2D eigenvalue weighted by Crippen LogP contribution is 2.39. The van der Waals surface area contributed by atoms with Crippen LogP contribution in [0, 0.1) is 11.8 Å². The molecule has 2 aromatic carbocycles. The number of hydrogen-bond donors (Lipinski definition) is 2. The second-order valence-corrected chi connectivity index (χ2v) is 11.1. The highest BCUT2D eigenvalue weighted by atomic mass is 16.5. The fraction of sp³-hybridized carbons (Fsp3) is 0.483. The maximum Gasteiger partial charge on any atom is 0.231 e. The predicted molar refractivity (Wildman–Crippen MR) is 142 cm³/mol. The van der Waals surface area contributed by atoms with E-state index < -0.39 is 0 Å². The normalized spacial score (nSPS) is 14.6. The van der Waals surface area contributed by atoms with Gasteiger partial charge in [-0.15, -0.1) is 0 Å². The number of nitrogens with zero attached hydrogens (tertiary/aromatic N) is 2. The third-order valence-corrected chi connectivity index (χ3v) is 6.62. The summed E-state index contributed by atoms with van der Waals surface area (Å²) in [7, 11) is 4.36. The number of quaternary nitrogens is 1. The maximum atomic E-state index is 13.7. The van der Waals surface area contributed by atoms with Crippen LogP contribution in [0.4, 0.5) is 0 Å². The van der Waals surface area contributed by atoms with Crippen molar-refractivity contribution in [1.29, 1.82) is 0 Å². The van der Waals surface area contributed by atoms with Crippen molar-refractivity contribution in [3.63, 3.8) is 0 Å². The van der Waals surface area contributed by atoms with Gasteiger partial charge in [0.2, 0.25) is 11.7 Å². The molecular formula is C29H40N3O4+. The summed E-state index contributed by atoms with van der Waals surface area (Å²) in [6, 6.07) is 12.0. The molecule has 0 radical (unpaired) electrons. The first-order valence-electron chi connectivity index (χ1n) is 12.9. The molecule has 2 N–H and O–H groups in total. The molecule has 0 spiro atoms. The van der Waals surface area contributed by atoms with Crippen molar-refractivity contribution in [2.75, 3.05) is 40.4 Å². The SMILES string of the molecule is CC(C)CN(Cc1cc(O)c2c(c1)OCCCO2)C(=O)C(C)C[N+](C)(C)Cc1cccc2cc[nH]c12. The summed E-state index contributed by atoms with van der Waals surface area (Å²) in [5.74, 6) is 1.29. The Morgan fingerprint density at radius 3 is 2.69 bits per heavy atom. The summed E-state index contributed by atoms with van der Waals surface area (Å²) >= 11 is 0. The van der Waals surface area contributed by atoms with Crippen LogP contribution in [0.3, 0.4) is 0 Å². The molecule has 36 heavy (non-hydrogen) atoms. The number of aromatic hydroxyl groups is 1. The molecule has 0 saturated carbocycles. The number of H-pyrrole nitrogens is 1. The van der Waals surface area contributed by atoms with Gasteiger partial charge in [0.1, 0.15) is 6.54 Å². The molecule has 1 unspecified atom stereocenters. The standard InChI is InChI=1S/C29H39N3O4/c1-20(2)16-31(17-22-14-25(33)28-26(15-22)35-12-7-13-36-28)29(34)21(3)18-32(4,5)19-24-9-6-8-23-10-11-30-27(23)24/h6,8-11,14-15,20-21,30H,7,12-13,16-19H2,1-5H3/p+1. The zero-order valence-electron chi connectivity index (χ0n) is 22.2. The summed E-state index contributed by atoms with van der Waals surface area (Å²) in [6.07, 6.45) is 2.74. The summed E-state index contributed by atoms with van der Waals surface area (Å²) in [6.45, 7) is 9.94. The lowest BCUT2D eigenvalue weighted by atomic mass is 10.0. The molecule has 7 nitrogen and oxygen atoms in total. The molecule has 1 aliphatic heterocycles. The first-order valence-corrected chi connectivity index (χ1v) is 12.9. The molecule has 1 aliphatic rings. The number of benzene rings is 2. The Labute approximate surface area is 214 Å². The second kappa shape index (κ2) is 10.8. The van der Waals surface area contributed by atoms with Crippen molar-refractivity contribution >= 4 is 16.8 Å². The topological polar surface area (TPSA) is 74.8 Å². The van der Waals surface area contributed by atoms with Crippen LogP contribution in [0.25, 0.3) is 10.9 Å². The van der Waals surface area contributed by atoms with Crippen LogP contribution >= 0.6 is 0 Å². The van der Waals surface area contributed by atoms with Crippen LogP contribution in [0.2, 0.25) is 0 Å². The minimum absolute atomic E-state index is 0.0608. The van der Waals surface area contributed by atoms with Gasteiger partial charge in [-0.25, -0.2) is 0 Å². The van der Waals surface area contributed by atoms with E-state index in [0.717, 1.165) is 25.1 Å². The number of carbonyl (C=O) groups excluding carboxylic acids is 1. The number of phenolic OH excluding ortho intramolecular Hbond substituents is 1. The molecule has 0 aliphatic carbocycles. The summed E-state index contributed by atoms with van der Waals surface area (Å²) < 4.78 is 12.1. The van der Waals surface area contributed by atoms with Gasteiger partial charge in [0.05, 0.1) is 45.3 Å². The first kappa shape index (κ1) is 25.9. The van der Waals surface area contributed by atoms with E-state index in [9.17, 15) is 9.90 Å². The molecule has 2 heterocycles. The monoisotopic (exact) mass is 494 g/mol. The van der Waals surface area contributed by atoms with Gasteiger partial charge in [-0.1, -0.05) is 32.0 Å². The van der Waals surface area contributed by atoms with Crippen molar-refractivity contribution in [3.05, 3.63) is 53.7 Å². The molecule has 0 bridgehead atoms. The van der Waals surface area contributed by atoms with Gasteiger partial charge in [-0.3, -0.25) is 4.79 Å². The molecule has 1 atom stereocenters. The number of aromatic amines is 1. The molecule has 4 rings (SSSR count). The number of nitrogens with one attached hydrogen (secondary N) is 1. The van der Waals surface area contributed by atoms with E-state index in [1.165, 1.54) is 16.5 Å². The number of rotatable bonds is 9. The van der Waals surface area contributed by atoms with Crippen LogP contribution in [0.5, 0.6) is 17.2 Å². The van der Waals surface area contributed by atoms with Crippen LogP contribution < -0.4 is 9.47 Å². The Kier molecular flexibility index (Phi) is 7.79. The maximum absolute atomic E-state index is 13.7. The smallest absolute Gasteiger partial charge is 0.231 e. The lowest BCUT2D eigenvalue weighted by Gasteiger charge is -2.34. The van der Waals surface area contributed by atoms with Crippen molar-refractivity contribution in [2.45, 2.75) is 40.3 Å². The van der Waals surface area contributed by atoms with Crippen LogP contribution in [0.15, 0.2) is 42.6 Å². The summed E-state index contributed by atoms with van der Waals surface area (Å²) in [4.78, 5) is 19.0. The molecule has 1 aromatic heterocycles. The van der Waals surface area contributed by atoms with E-state index in [1.807, 2.05) is 24.1 Å². The molecule has 1 amide bonds. The third-order valence-electron chi connectivity index (χ3n) is 6.62. The first-order chi connectivity index (χ1) is 17.1. The summed E-state index contributed by atoms with van der Waals surface area (Å²) in [5.41, 5.74) is 3.26. The zero-order chi connectivity index (χ0) is 25.9. The summed E-state index contributed by atoms with van der Waals surface area (Å²) in [5, 5.41) is 11.8. The quantitative estimate of drug-likeness (QED) is 0.414. The number of phenols is 1. The van der Waals surface area contributed by atoms with Gasteiger partial charge >= 0.3 is 0 Å². The Bertz CT molecular complexity index is 1200. The lowest BCUT2D eigenvalue weighted by molar-refractivity contribution is -0.905. The van der Waals surface area contributed by atoms with Crippen LogP contribution in [0.1, 0.15) is 38.3 Å². The fourth-order valence-corrected chi connectivity index (χ4v) is 5.23. The molecule has 7 heteroatoms. The lowest BCUT2D eigenvalue weighted by Crippen LogP contribution is -2.47. The number of fused-ring (bicyclic) bond motifs is 2. The molecule has 3 aromatic rings. The average molecular weight is 495 g/mol. The van der Waals surface area contributed by atoms with E-state index in [1.54, 1.807) is 6.07 Å². The van der Waals surface area contributed by atoms with Gasteiger partial charge in [0, 0.05) is 31.3 Å². The van der Waals surface area contributed by atoms with E-state index in [0.29, 0.717) is 48.2 Å². The third kappa shape index (κ3) is 6.13. The number of para-hydroxylation sites is 1. The number of aromatic nitrogens is 1. The fourth-order valence-electron chi connectivity index (χ4n) is 5.23. The Balaban J connectivity index is 1.48. The van der Waals surface area contributed by atoms with E-state index in [2.05, 4.69) is 57.2 Å². The van der Waals surface area contributed by atoms with Crippen LogP contribution in [-0.2, 0) is 17.9 Å². The number of ether oxygens (including phenoxy) is 2. The van der Waals surface area contributed by atoms with Crippen molar-refractivity contribution < 1.29 is 23.9 Å². The van der Waals surface area contributed by atoms with Gasteiger partial charge in [0.15, 0.2) is 11.5 Å². The van der Waals surface area contributed by atoms with Gasteiger partial charge < -0.3 is 28.9 Å². The Morgan fingerprint density at radius 2 is 1.92 bits per heavy atom. The molecule has 0 saturated heterocycles. The molecular weight excluding hydrogens is 454 g/mol. The second-order valence-electron chi connectivity index (χ2n) is 11.1. The van der Waals surface area contributed by atoms with Crippen molar-refractivity contribution in [1.82, 2.24) is 9.88 Å². The van der Waals surface area contributed by atoms with Gasteiger partial charge in [-0.05, 0) is 42.0 Å². The minimum Gasteiger partial charge on any atom is -0.504 e. The predicted octanol–water partition coefficient (Wildman–Crippen LogP) is 4.93. The van der Waals surface area contributed by atoms with Crippen molar-refractivity contribution in [3.8, 4) is 17.2 Å². The molecule has 0 fully saturated rings. The highest BCUT2D eigenvalue weighted by Gasteiger charge is 2.29.